The predicted molar refractivity (Wildman–Crippen MR) is 145 cm³/mol. The number of hydrogen-bond donors (Lipinski definition) is 0. The van der Waals surface area contributed by atoms with Crippen molar-refractivity contribution in [3.63, 3.8) is 0 Å². The van der Waals surface area contributed by atoms with E-state index in [0.29, 0.717) is 52.5 Å². The molecule has 0 radical (unpaired) electrons. The number of hydrogen-bond acceptors (Lipinski definition) is 10. The molecule has 41 heavy (non-hydrogen) atoms. The Balaban J connectivity index is 1.09. The van der Waals surface area contributed by atoms with Crippen LogP contribution in [-0.4, -0.2) is 72.2 Å². The summed E-state index contributed by atoms with van der Waals surface area (Å²) in [7, 11) is 3.28. The Morgan fingerprint density at radius 2 is 1.17 bits per heavy atom. The summed E-state index contributed by atoms with van der Waals surface area (Å²) in [6.45, 7) is 3.18. The van der Waals surface area contributed by atoms with E-state index >= 15 is 0 Å². The van der Waals surface area contributed by atoms with Crippen molar-refractivity contribution in [2.24, 2.45) is 0 Å². The molecule has 4 fully saturated rings. The first kappa shape index (κ1) is 28.4. The van der Waals surface area contributed by atoms with Crippen molar-refractivity contribution in [2.75, 3.05) is 53.9 Å². The Morgan fingerprint density at radius 1 is 0.659 bits per heavy atom. The first-order chi connectivity index (χ1) is 20.1. The van der Waals surface area contributed by atoms with E-state index in [0.717, 1.165) is 46.6 Å². The zero-order valence-electron chi connectivity index (χ0n) is 23.6. The van der Waals surface area contributed by atoms with Gasteiger partial charge in [0.2, 0.25) is 6.29 Å². The number of ether oxygens (including phenoxy) is 9. The van der Waals surface area contributed by atoms with Gasteiger partial charge in [-0.2, -0.15) is 0 Å². The van der Waals surface area contributed by atoms with Gasteiger partial charge in [-0.05, 0) is 66.5 Å². The van der Waals surface area contributed by atoms with Gasteiger partial charge < -0.3 is 42.6 Å². The monoisotopic (exact) mass is 570 g/mol. The van der Waals surface area contributed by atoms with E-state index in [2.05, 4.69) is 12.1 Å². The second-order valence-corrected chi connectivity index (χ2v) is 10.7. The summed E-state index contributed by atoms with van der Waals surface area (Å²) < 4.78 is 51.5. The van der Waals surface area contributed by atoms with Crippen LogP contribution in [0.25, 0.3) is 0 Å². The average Bonchev–Trinajstić information content (AvgIpc) is 3.76. The van der Waals surface area contributed by atoms with E-state index in [-0.39, 0.29) is 17.8 Å². The number of carbonyl (C=O) groups is 1. The minimum atomic E-state index is -0.661. The molecule has 4 aliphatic heterocycles. The van der Waals surface area contributed by atoms with Crippen LogP contribution in [0.15, 0.2) is 36.4 Å². The van der Waals surface area contributed by atoms with E-state index in [1.54, 1.807) is 14.2 Å². The summed E-state index contributed by atoms with van der Waals surface area (Å²) in [5, 5.41) is 0. The second-order valence-electron chi connectivity index (χ2n) is 10.7. The smallest absolute Gasteiger partial charge is 0.337 e. The normalized spacial score (nSPS) is 27.6. The average molecular weight is 571 g/mol. The third-order valence-corrected chi connectivity index (χ3v) is 8.24. The molecule has 10 heteroatoms. The SMILES string of the molecule is COc1ccc(C2CCOC(OC(=O)C3CC(c4ccc(OC)c(C5OCCO5)c4)CCO3)C2)cc1C1OCCO1. The van der Waals surface area contributed by atoms with Crippen LogP contribution in [-0.2, 0) is 38.0 Å². The molecule has 0 amide bonds. The van der Waals surface area contributed by atoms with Gasteiger partial charge in [-0.3, -0.25) is 0 Å². The number of esters is 1. The van der Waals surface area contributed by atoms with E-state index in [4.69, 9.17) is 42.6 Å². The molecule has 0 spiro atoms. The van der Waals surface area contributed by atoms with Crippen molar-refractivity contribution < 1.29 is 47.4 Å². The van der Waals surface area contributed by atoms with E-state index in [9.17, 15) is 4.79 Å². The first-order valence-electron chi connectivity index (χ1n) is 14.4. The van der Waals surface area contributed by atoms with Crippen LogP contribution in [0.4, 0.5) is 0 Å². The highest BCUT2D eigenvalue weighted by Gasteiger charge is 2.35. The molecule has 0 bridgehead atoms. The molecule has 4 heterocycles. The lowest BCUT2D eigenvalue weighted by molar-refractivity contribution is -0.201. The number of benzene rings is 2. The third-order valence-electron chi connectivity index (χ3n) is 8.24. The molecule has 4 atom stereocenters. The first-order valence-corrected chi connectivity index (χ1v) is 14.4. The maximum Gasteiger partial charge on any atom is 0.337 e. The van der Waals surface area contributed by atoms with Crippen LogP contribution >= 0.6 is 0 Å². The fourth-order valence-corrected chi connectivity index (χ4v) is 6.07. The van der Waals surface area contributed by atoms with Crippen LogP contribution in [0, 0.1) is 0 Å². The summed E-state index contributed by atoms with van der Waals surface area (Å²) in [6, 6.07) is 12.1. The maximum atomic E-state index is 13.2. The van der Waals surface area contributed by atoms with Crippen molar-refractivity contribution in [1.29, 1.82) is 0 Å². The van der Waals surface area contributed by atoms with E-state index in [1.165, 1.54) is 0 Å². The van der Waals surface area contributed by atoms with Crippen molar-refractivity contribution >= 4 is 5.97 Å². The lowest BCUT2D eigenvalue weighted by atomic mass is 9.87. The quantitative estimate of drug-likeness (QED) is 0.421. The predicted octanol–water partition coefficient (Wildman–Crippen LogP) is 4.52. The Kier molecular flexibility index (Phi) is 9.04. The van der Waals surface area contributed by atoms with Crippen LogP contribution < -0.4 is 9.47 Å². The van der Waals surface area contributed by atoms with Crippen LogP contribution in [0.3, 0.4) is 0 Å². The lowest BCUT2D eigenvalue weighted by Gasteiger charge is -2.33. The largest absolute Gasteiger partial charge is 0.496 e. The van der Waals surface area contributed by atoms with Gasteiger partial charge in [0.25, 0.3) is 0 Å². The van der Waals surface area contributed by atoms with Gasteiger partial charge in [0, 0.05) is 24.2 Å². The lowest BCUT2D eigenvalue weighted by Crippen LogP contribution is -2.37. The molecule has 0 aliphatic carbocycles. The zero-order valence-corrected chi connectivity index (χ0v) is 23.6. The van der Waals surface area contributed by atoms with Crippen molar-refractivity contribution in [3.8, 4) is 11.5 Å². The molecule has 4 unspecified atom stereocenters. The van der Waals surface area contributed by atoms with Crippen LogP contribution in [0.5, 0.6) is 11.5 Å². The molecular weight excluding hydrogens is 532 g/mol. The van der Waals surface area contributed by atoms with Gasteiger partial charge in [0.1, 0.15) is 11.5 Å². The topological polar surface area (TPSA) is 100 Å². The molecule has 4 saturated heterocycles. The summed E-state index contributed by atoms with van der Waals surface area (Å²) in [6.07, 6.45) is 0.530. The minimum absolute atomic E-state index is 0.130. The van der Waals surface area contributed by atoms with E-state index in [1.807, 2.05) is 24.3 Å². The molecule has 0 N–H and O–H groups in total. The highest BCUT2D eigenvalue weighted by Crippen LogP contribution is 2.39. The maximum absolute atomic E-state index is 13.2. The van der Waals surface area contributed by atoms with Gasteiger partial charge in [-0.1, -0.05) is 12.1 Å². The molecular formula is C31H38O10. The number of carbonyl (C=O) groups excluding carboxylic acids is 1. The Bertz CT molecular complexity index is 1190. The summed E-state index contributed by atoms with van der Waals surface area (Å²) in [5.41, 5.74) is 3.95. The van der Waals surface area contributed by atoms with Gasteiger partial charge >= 0.3 is 5.97 Å². The van der Waals surface area contributed by atoms with Gasteiger partial charge in [-0.25, -0.2) is 4.79 Å². The molecule has 10 nitrogen and oxygen atoms in total. The third kappa shape index (κ3) is 6.38. The second kappa shape index (κ2) is 13.1. The fraction of sp³-hybridized carbons (Fsp3) is 0.581. The molecule has 0 aromatic heterocycles. The van der Waals surface area contributed by atoms with E-state index < -0.39 is 25.0 Å². The molecule has 4 aliphatic rings. The Hall–Kier alpha value is -2.73. The summed E-state index contributed by atoms with van der Waals surface area (Å²) >= 11 is 0. The Morgan fingerprint density at radius 3 is 1.71 bits per heavy atom. The molecule has 2 aromatic rings. The highest BCUT2D eigenvalue weighted by molar-refractivity contribution is 5.75. The number of methoxy groups -OCH3 is 2. The molecule has 222 valence electrons. The molecule has 6 rings (SSSR count). The Labute approximate surface area is 240 Å². The fourth-order valence-electron chi connectivity index (χ4n) is 6.07. The van der Waals surface area contributed by atoms with Crippen LogP contribution in [0.2, 0.25) is 0 Å². The van der Waals surface area contributed by atoms with Crippen LogP contribution in [0.1, 0.15) is 72.4 Å². The summed E-state index contributed by atoms with van der Waals surface area (Å²) in [4.78, 5) is 13.2. The van der Waals surface area contributed by atoms with Crippen molar-refractivity contribution in [3.05, 3.63) is 58.7 Å². The van der Waals surface area contributed by atoms with Gasteiger partial charge in [-0.15, -0.1) is 0 Å². The molecule has 0 saturated carbocycles. The summed E-state index contributed by atoms with van der Waals surface area (Å²) in [5.74, 6) is 1.35. The number of rotatable bonds is 8. The van der Waals surface area contributed by atoms with Gasteiger partial charge in [0.05, 0.1) is 47.3 Å². The molecule has 2 aromatic carbocycles. The zero-order chi connectivity index (χ0) is 28.2. The highest BCUT2D eigenvalue weighted by atomic mass is 16.7. The van der Waals surface area contributed by atoms with Crippen molar-refractivity contribution in [1.82, 2.24) is 0 Å². The van der Waals surface area contributed by atoms with Crippen molar-refractivity contribution in [2.45, 2.75) is 62.5 Å². The standard InChI is InChI=1S/C31H38O10/c1-33-25-5-3-19(15-23(25)30-37-11-12-38-30)21-7-9-35-27(17-21)29(32)41-28-18-22(8-10-36-28)20-4-6-26(34-2)24(16-20)31-39-13-14-40-31/h3-6,15-16,21-22,27-28,30-31H,7-14,17-18H2,1-2H3. The minimum Gasteiger partial charge on any atom is -0.496 e. The van der Waals surface area contributed by atoms with Gasteiger partial charge in [0.15, 0.2) is 18.7 Å².